The second kappa shape index (κ2) is 6.59. The molecule has 0 spiro atoms. The first-order valence-corrected chi connectivity index (χ1v) is 9.18. The molecule has 27 heavy (non-hydrogen) atoms. The molecule has 0 radical (unpaired) electrons. The second-order valence-corrected chi connectivity index (χ2v) is 7.24. The number of nitrogens with zero attached hydrogens (tertiary/aromatic N) is 2. The maximum absolute atomic E-state index is 12.0. The number of carboxylic acids is 1. The molecule has 1 aliphatic rings. The number of hydrogen-bond acceptors (Lipinski definition) is 6. The molecule has 1 aromatic heterocycles. The molecule has 3 aromatic rings. The SMILES string of the molecule is COC(=O)C1(c2ccc(-c3ccc(-c4nnsc4C(=O)O)cc3)cc2)CC1. The van der Waals surface area contributed by atoms with Gasteiger partial charge in [0.2, 0.25) is 0 Å². The number of esters is 1. The van der Waals surface area contributed by atoms with Crippen LogP contribution in [0.15, 0.2) is 48.5 Å². The number of rotatable bonds is 5. The van der Waals surface area contributed by atoms with Crippen molar-refractivity contribution in [3.05, 3.63) is 59.0 Å². The number of aromatic nitrogens is 2. The molecule has 0 unspecified atom stereocenters. The molecule has 1 fully saturated rings. The molecule has 7 heteroatoms. The van der Waals surface area contributed by atoms with Crippen molar-refractivity contribution < 1.29 is 19.4 Å². The molecule has 1 heterocycles. The van der Waals surface area contributed by atoms with Gasteiger partial charge in [0, 0.05) is 5.56 Å². The highest BCUT2D eigenvalue weighted by molar-refractivity contribution is 7.08. The Bertz CT molecular complexity index is 1010. The van der Waals surface area contributed by atoms with Gasteiger partial charge in [0.1, 0.15) is 5.69 Å². The van der Waals surface area contributed by atoms with Gasteiger partial charge in [-0.25, -0.2) is 4.79 Å². The molecule has 136 valence electrons. The first kappa shape index (κ1) is 17.4. The third-order valence-electron chi connectivity index (χ3n) is 4.94. The molecule has 1 aliphatic carbocycles. The van der Waals surface area contributed by atoms with Crippen LogP contribution in [0.2, 0.25) is 0 Å². The highest BCUT2D eigenvalue weighted by atomic mass is 32.1. The summed E-state index contributed by atoms with van der Waals surface area (Å²) in [5.41, 5.74) is 3.61. The van der Waals surface area contributed by atoms with Crippen molar-refractivity contribution in [2.24, 2.45) is 0 Å². The van der Waals surface area contributed by atoms with E-state index in [-0.39, 0.29) is 10.8 Å². The molecule has 4 rings (SSSR count). The number of aromatic carboxylic acids is 1. The molecular weight excluding hydrogens is 364 g/mol. The van der Waals surface area contributed by atoms with Gasteiger partial charge in [-0.05, 0) is 41.1 Å². The highest BCUT2D eigenvalue weighted by Crippen LogP contribution is 2.49. The Morgan fingerprint density at radius 3 is 2.07 bits per heavy atom. The molecule has 0 amide bonds. The highest BCUT2D eigenvalue weighted by Gasteiger charge is 2.52. The summed E-state index contributed by atoms with van der Waals surface area (Å²) >= 11 is 0.869. The monoisotopic (exact) mass is 380 g/mol. The van der Waals surface area contributed by atoms with Crippen LogP contribution >= 0.6 is 11.5 Å². The van der Waals surface area contributed by atoms with Crippen molar-refractivity contribution in [2.45, 2.75) is 18.3 Å². The van der Waals surface area contributed by atoms with Crippen molar-refractivity contribution in [2.75, 3.05) is 7.11 Å². The van der Waals surface area contributed by atoms with Gasteiger partial charge in [-0.3, -0.25) is 4.79 Å². The van der Waals surface area contributed by atoms with Crippen LogP contribution < -0.4 is 0 Å². The van der Waals surface area contributed by atoms with E-state index in [2.05, 4.69) is 9.59 Å². The fourth-order valence-electron chi connectivity index (χ4n) is 3.25. The molecule has 0 aliphatic heterocycles. The van der Waals surface area contributed by atoms with Gasteiger partial charge in [-0.1, -0.05) is 53.0 Å². The number of carbonyl (C=O) groups is 2. The summed E-state index contributed by atoms with van der Waals surface area (Å²) < 4.78 is 8.66. The maximum Gasteiger partial charge on any atom is 0.349 e. The molecule has 0 atom stereocenters. The maximum atomic E-state index is 12.0. The van der Waals surface area contributed by atoms with Crippen LogP contribution in [0.3, 0.4) is 0 Å². The number of benzene rings is 2. The Balaban J connectivity index is 1.59. The zero-order valence-corrected chi connectivity index (χ0v) is 15.3. The zero-order chi connectivity index (χ0) is 19.0. The van der Waals surface area contributed by atoms with E-state index in [0.29, 0.717) is 11.3 Å². The zero-order valence-electron chi connectivity index (χ0n) is 14.5. The number of carboxylic acid groups (broad SMARTS) is 1. The summed E-state index contributed by atoms with van der Waals surface area (Å²) in [6.07, 6.45) is 1.64. The van der Waals surface area contributed by atoms with Crippen LogP contribution in [0.5, 0.6) is 0 Å². The van der Waals surface area contributed by atoms with Crippen molar-refractivity contribution in [1.82, 2.24) is 9.59 Å². The Morgan fingerprint density at radius 2 is 1.56 bits per heavy atom. The average molecular weight is 380 g/mol. The lowest BCUT2D eigenvalue weighted by molar-refractivity contribution is -0.143. The topological polar surface area (TPSA) is 89.4 Å². The predicted molar refractivity (Wildman–Crippen MR) is 101 cm³/mol. The Morgan fingerprint density at radius 1 is 1.00 bits per heavy atom. The van der Waals surface area contributed by atoms with E-state index < -0.39 is 11.4 Å². The summed E-state index contributed by atoms with van der Waals surface area (Å²) in [6.45, 7) is 0. The van der Waals surface area contributed by atoms with Gasteiger partial charge in [0.05, 0.1) is 12.5 Å². The van der Waals surface area contributed by atoms with E-state index in [1.54, 1.807) is 0 Å². The number of methoxy groups -OCH3 is 1. The molecule has 6 nitrogen and oxygen atoms in total. The summed E-state index contributed by atoms with van der Waals surface area (Å²) in [5, 5.41) is 13.1. The summed E-state index contributed by atoms with van der Waals surface area (Å²) in [6, 6.07) is 15.4. The number of hydrogen-bond donors (Lipinski definition) is 1. The number of ether oxygens (including phenoxy) is 1. The predicted octanol–water partition coefficient (Wildman–Crippen LogP) is 3.77. The third-order valence-corrected chi connectivity index (χ3v) is 5.65. The fourth-order valence-corrected chi connectivity index (χ4v) is 3.78. The molecule has 1 saturated carbocycles. The van der Waals surface area contributed by atoms with Crippen LogP contribution in [0.1, 0.15) is 28.1 Å². The summed E-state index contributed by atoms with van der Waals surface area (Å²) in [7, 11) is 1.42. The van der Waals surface area contributed by atoms with E-state index in [1.807, 2.05) is 48.5 Å². The minimum absolute atomic E-state index is 0.129. The Kier molecular flexibility index (Phi) is 4.24. The quantitative estimate of drug-likeness (QED) is 0.678. The van der Waals surface area contributed by atoms with Crippen LogP contribution in [-0.4, -0.2) is 33.7 Å². The van der Waals surface area contributed by atoms with Crippen LogP contribution in [0.25, 0.3) is 22.4 Å². The number of carbonyl (C=O) groups excluding carboxylic acids is 1. The van der Waals surface area contributed by atoms with Crippen molar-refractivity contribution in [3.63, 3.8) is 0 Å². The van der Waals surface area contributed by atoms with Crippen LogP contribution in [0, 0.1) is 0 Å². The first-order valence-electron chi connectivity index (χ1n) is 8.40. The van der Waals surface area contributed by atoms with E-state index in [4.69, 9.17) is 4.74 Å². The van der Waals surface area contributed by atoms with E-state index in [1.165, 1.54) is 7.11 Å². The van der Waals surface area contributed by atoms with Crippen LogP contribution in [-0.2, 0) is 14.9 Å². The molecule has 0 saturated heterocycles. The van der Waals surface area contributed by atoms with Gasteiger partial charge >= 0.3 is 11.9 Å². The van der Waals surface area contributed by atoms with Gasteiger partial charge in [0.15, 0.2) is 4.88 Å². The van der Waals surface area contributed by atoms with Gasteiger partial charge in [-0.2, -0.15) is 0 Å². The largest absolute Gasteiger partial charge is 0.477 e. The molecule has 1 N–H and O–H groups in total. The summed E-state index contributed by atoms with van der Waals surface area (Å²) in [4.78, 5) is 23.4. The van der Waals surface area contributed by atoms with E-state index in [0.717, 1.165) is 41.1 Å². The third kappa shape index (κ3) is 3.00. The van der Waals surface area contributed by atoms with Crippen LogP contribution in [0.4, 0.5) is 0 Å². The Labute approximate surface area is 159 Å². The minimum atomic E-state index is -1.03. The lowest BCUT2D eigenvalue weighted by atomic mass is 9.93. The summed E-state index contributed by atoms with van der Waals surface area (Å²) in [5.74, 6) is -1.20. The average Bonchev–Trinajstić information content (AvgIpc) is 3.36. The van der Waals surface area contributed by atoms with Gasteiger partial charge in [-0.15, -0.1) is 5.10 Å². The van der Waals surface area contributed by atoms with Crippen molar-refractivity contribution in [1.29, 1.82) is 0 Å². The van der Waals surface area contributed by atoms with E-state index in [9.17, 15) is 14.7 Å². The lowest BCUT2D eigenvalue weighted by Crippen LogP contribution is -2.21. The normalized spacial score (nSPS) is 14.6. The first-order chi connectivity index (χ1) is 13.0. The second-order valence-electron chi connectivity index (χ2n) is 6.48. The molecular formula is C20H16N2O4S. The van der Waals surface area contributed by atoms with Crippen molar-refractivity contribution >= 4 is 23.5 Å². The molecule has 2 aromatic carbocycles. The minimum Gasteiger partial charge on any atom is -0.477 e. The van der Waals surface area contributed by atoms with Gasteiger partial charge in [0.25, 0.3) is 0 Å². The smallest absolute Gasteiger partial charge is 0.349 e. The lowest BCUT2D eigenvalue weighted by Gasteiger charge is -2.13. The Hall–Kier alpha value is -3.06. The molecule has 0 bridgehead atoms. The standard InChI is InChI=1S/C20H16N2O4S/c1-26-19(25)20(10-11-20)15-8-6-13(7-9-15)12-2-4-14(5-3-12)16-17(18(23)24)27-22-21-16/h2-9H,10-11H2,1H3,(H,23,24). The fraction of sp³-hybridized carbons (Fsp3) is 0.200. The van der Waals surface area contributed by atoms with Gasteiger partial charge < -0.3 is 9.84 Å². The van der Waals surface area contributed by atoms with E-state index >= 15 is 0 Å². The van der Waals surface area contributed by atoms with Crippen molar-refractivity contribution in [3.8, 4) is 22.4 Å².